The second kappa shape index (κ2) is 10.3. The second-order valence-corrected chi connectivity index (χ2v) is 8.30. The zero-order valence-corrected chi connectivity index (χ0v) is 18.5. The normalized spacial score (nSPS) is 11.9. The van der Waals surface area contributed by atoms with E-state index in [2.05, 4.69) is 10.2 Å². The Morgan fingerprint density at radius 3 is 2.29 bits per heavy atom. The van der Waals surface area contributed by atoms with Crippen molar-refractivity contribution in [3.63, 3.8) is 0 Å². The first-order valence-electron chi connectivity index (χ1n) is 7.50. The third-order valence-electron chi connectivity index (χ3n) is 3.19. The summed E-state index contributed by atoms with van der Waals surface area (Å²) in [5.74, 6) is -0.308. The molecule has 0 atom stereocenters. The number of benzene rings is 2. The summed E-state index contributed by atoms with van der Waals surface area (Å²) in [7, 11) is -8.65. The van der Waals surface area contributed by atoms with Crippen molar-refractivity contribution < 1.29 is 60.2 Å². The topological polar surface area (TPSA) is 172 Å². The Labute approximate surface area is 184 Å². The van der Waals surface area contributed by atoms with Crippen LogP contribution in [0.25, 0.3) is 0 Å². The molecule has 0 unspecified atom stereocenters. The number of azo groups is 1. The fourth-order valence-electron chi connectivity index (χ4n) is 1.95. The van der Waals surface area contributed by atoms with Crippen LogP contribution >= 0.6 is 0 Å². The van der Waals surface area contributed by atoms with Gasteiger partial charge in [-0.15, -0.1) is 0 Å². The summed E-state index contributed by atoms with van der Waals surface area (Å²) < 4.78 is 68.3. The van der Waals surface area contributed by atoms with E-state index in [1.54, 1.807) is 6.07 Å². The van der Waals surface area contributed by atoms with Crippen LogP contribution in [-0.4, -0.2) is 38.3 Å². The first kappa shape index (κ1) is 24.5. The molecule has 10 nitrogen and oxygen atoms in total. The van der Waals surface area contributed by atoms with E-state index in [0.717, 1.165) is 6.07 Å². The van der Waals surface area contributed by atoms with Gasteiger partial charge in [-0.05, 0) is 36.8 Å². The van der Waals surface area contributed by atoms with Gasteiger partial charge < -0.3 is 15.0 Å². The minimum Gasteiger partial charge on any atom is -0.748 e. The van der Waals surface area contributed by atoms with Crippen molar-refractivity contribution in [3.8, 4) is 5.75 Å². The van der Waals surface area contributed by atoms with Gasteiger partial charge >= 0.3 is 29.6 Å². The van der Waals surface area contributed by atoms with Gasteiger partial charge in [-0.1, -0.05) is 6.07 Å². The minimum absolute atomic E-state index is 0. The van der Waals surface area contributed by atoms with Crippen LogP contribution in [0.15, 0.2) is 57.6 Å². The zero-order valence-electron chi connectivity index (χ0n) is 14.8. The molecule has 2 aromatic carbocycles. The van der Waals surface area contributed by atoms with Crippen molar-refractivity contribution in [1.82, 2.24) is 0 Å². The molecule has 3 N–H and O–H groups in total. The largest absolute Gasteiger partial charge is 1.00 e. The Bertz CT molecular complexity index is 1060. The standard InChI is InChI=1S/C15H17N3O7S2.Na/c16-14-6-5-12(10-15(14)25-7-2-8-26(19,20)21)18-17-11-3-1-4-13(9-11)27(22,23)24;/h1,3-6,9-10H,2,7-8,16H2,(H,19,20,21)(H,22,23,24);/q;+1/p-1. The molecule has 0 saturated carbocycles. The van der Waals surface area contributed by atoms with Gasteiger partial charge in [-0.2, -0.15) is 18.6 Å². The van der Waals surface area contributed by atoms with E-state index in [-0.39, 0.29) is 64.6 Å². The van der Waals surface area contributed by atoms with E-state index in [0.29, 0.717) is 5.69 Å². The van der Waals surface area contributed by atoms with Crippen LogP contribution in [0, 0.1) is 0 Å². The van der Waals surface area contributed by atoms with Crippen molar-refractivity contribution >= 4 is 37.3 Å². The number of hydrogen-bond donors (Lipinski definition) is 2. The van der Waals surface area contributed by atoms with Gasteiger partial charge in [0.25, 0.3) is 10.1 Å². The molecule has 28 heavy (non-hydrogen) atoms. The maximum Gasteiger partial charge on any atom is 1.00 e. The molecule has 0 fully saturated rings. The molecule has 2 aromatic rings. The Morgan fingerprint density at radius 2 is 1.68 bits per heavy atom. The van der Waals surface area contributed by atoms with Gasteiger partial charge in [0.05, 0.1) is 38.7 Å². The van der Waals surface area contributed by atoms with Crippen molar-refractivity contribution in [2.75, 3.05) is 18.1 Å². The van der Waals surface area contributed by atoms with Gasteiger partial charge in [0.2, 0.25) is 0 Å². The maximum absolute atomic E-state index is 11.1. The van der Waals surface area contributed by atoms with Crippen LogP contribution in [0.4, 0.5) is 17.1 Å². The van der Waals surface area contributed by atoms with E-state index in [1.165, 1.54) is 30.3 Å². The van der Waals surface area contributed by atoms with E-state index in [1.807, 2.05) is 0 Å². The monoisotopic (exact) mass is 437 g/mol. The van der Waals surface area contributed by atoms with E-state index < -0.39 is 26.0 Å². The van der Waals surface area contributed by atoms with Crippen LogP contribution in [0.1, 0.15) is 6.42 Å². The minimum atomic E-state index is -4.35. The first-order valence-corrected chi connectivity index (χ1v) is 10.5. The predicted molar refractivity (Wildman–Crippen MR) is 96.0 cm³/mol. The van der Waals surface area contributed by atoms with Crippen molar-refractivity contribution in [2.24, 2.45) is 10.2 Å². The fourth-order valence-corrected chi connectivity index (χ4v) is 2.94. The maximum atomic E-state index is 11.1. The molecule has 0 spiro atoms. The third-order valence-corrected chi connectivity index (χ3v) is 4.83. The quantitative estimate of drug-likeness (QED) is 0.178. The zero-order chi connectivity index (χ0) is 20.1. The van der Waals surface area contributed by atoms with Crippen molar-refractivity contribution in [2.45, 2.75) is 11.3 Å². The first-order chi connectivity index (χ1) is 12.5. The van der Waals surface area contributed by atoms with Gasteiger partial charge in [0.1, 0.15) is 5.75 Å². The second-order valence-electron chi connectivity index (χ2n) is 5.36. The number of nitrogens with zero attached hydrogens (tertiary/aromatic N) is 2. The van der Waals surface area contributed by atoms with E-state index in [9.17, 15) is 21.4 Å². The Balaban J connectivity index is 0.00000392. The SMILES string of the molecule is Nc1ccc(N=Nc2cccc(S(=O)(=O)O)c2)cc1OCCCS(=O)(=O)[O-].[Na+]. The van der Waals surface area contributed by atoms with Crippen LogP contribution < -0.4 is 40.0 Å². The number of ether oxygens (including phenoxy) is 1. The molecule has 2 rings (SSSR count). The van der Waals surface area contributed by atoms with Crippen LogP contribution in [0.2, 0.25) is 0 Å². The number of rotatable bonds is 8. The summed E-state index contributed by atoms with van der Waals surface area (Å²) in [6.45, 7) is -0.0251. The molecule has 0 aliphatic carbocycles. The average Bonchev–Trinajstić information content (AvgIpc) is 2.57. The van der Waals surface area contributed by atoms with Gasteiger partial charge in [0.15, 0.2) is 0 Å². The molecule has 0 heterocycles. The third kappa shape index (κ3) is 8.22. The van der Waals surface area contributed by atoms with E-state index in [4.69, 9.17) is 15.0 Å². The van der Waals surface area contributed by atoms with Crippen LogP contribution in [0.3, 0.4) is 0 Å². The molecule has 0 amide bonds. The summed E-state index contributed by atoms with van der Waals surface area (Å²) in [4.78, 5) is -0.311. The molecule has 0 saturated heterocycles. The van der Waals surface area contributed by atoms with Gasteiger partial charge in [0, 0.05) is 11.8 Å². The number of anilines is 1. The summed E-state index contributed by atoms with van der Waals surface area (Å²) in [5, 5.41) is 7.82. The Kier molecular flexibility index (Phi) is 9.01. The molecule has 13 heteroatoms. The van der Waals surface area contributed by atoms with Gasteiger partial charge in [-0.25, -0.2) is 8.42 Å². The molecule has 0 radical (unpaired) electrons. The molecule has 0 aromatic heterocycles. The fraction of sp³-hybridized carbons (Fsp3) is 0.200. The Hall–Kier alpha value is -1.54. The Morgan fingerprint density at radius 1 is 1.04 bits per heavy atom. The smallest absolute Gasteiger partial charge is 0.748 e. The number of hydrogen-bond acceptors (Lipinski definition) is 9. The summed E-state index contributed by atoms with van der Waals surface area (Å²) in [6, 6.07) is 9.76. The molecular weight excluding hydrogens is 421 g/mol. The van der Waals surface area contributed by atoms with E-state index >= 15 is 0 Å². The molecular formula is C15H16N3NaO7S2. The predicted octanol–water partition coefficient (Wildman–Crippen LogP) is -0.751. The average molecular weight is 437 g/mol. The van der Waals surface area contributed by atoms with Gasteiger partial charge in [-0.3, -0.25) is 4.55 Å². The van der Waals surface area contributed by atoms with Crippen LogP contribution in [0.5, 0.6) is 5.75 Å². The summed E-state index contributed by atoms with van der Waals surface area (Å²) >= 11 is 0. The summed E-state index contributed by atoms with van der Waals surface area (Å²) in [6.07, 6.45) is 0.0133. The molecule has 0 bridgehead atoms. The van der Waals surface area contributed by atoms with Crippen molar-refractivity contribution in [1.29, 1.82) is 0 Å². The molecule has 146 valence electrons. The summed E-state index contributed by atoms with van der Waals surface area (Å²) in [5.41, 5.74) is 6.59. The number of nitrogen functional groups attached to an aromatic ring is 1. The molecule has 0 aliphatic heterocycles. The molecule has 0 aliphatic rings. The van der Waals surface area contributed by atoms with Crippen molar-refractivity contribution in [3.05, 3.63) is 42.5 Å². The number of nitrogens with two attached hydrogens (primary N) is 1. The van der Waals surface area contributed by atoms with Crippen LogP contribution in [-0.2, 0) is 20.2 Å².